The molecule has 0 heterocycles. The molecule has 0 aliphatic rings. The average Bonchev–Trinajstić information content (AvgIpc) is 2.20. The molecule has 7 heteroatoms. The Balaban J connectivity index is -0.0000000581. The number of hydrogen-bond donors (Lipinski definition) is 4. The summed E-state index contributed by atoms with van der Waals surface area (Å²) >= 11 is 0. The molecule has 0 fully saturated rings. The van der Waals surface area contributed by atoms with Crippen LogP contribution < -0.4 is 0 Å². The fraction of sp³-hybridized carbons (Fsp3) is 0.500. The Hall–Kier alpha value is -1.62. The number of ether oxygens (including phenoxy) is 1. The van der Waals surface area contributed by atoms with E-state index in [0.717, 1.165) is 12.2 Å². The Morgan fingerprint density at radius 2 is 1.67 bits per heavy atom. The van der Waals surface area contributed by atoms with Crippen molar-refractivity contribution in [2.75, 3.05) is 13.7 Å². The second kappa shape index (κ2) is 39.4. The summed E-state index contributed by atoms with van der Waals surface area (Å²) in [6.45, 7) is 4.91. The maximum Gasteiger partial charge on any atom is 0.231 e. The molecule has 15 heavy (non-hydrogen) atoms. The molecular weight excluding hydrogens is 204 g/mol. The van der Waals surface area contributed by atoms with Crippen molar-refractivity contribution in [3.05, 3.63) is 12.7 Å². The molecule has 7 nitrogen and oxygen atoms in total. The molecular formula is C8H16N2O5. The molecule has 0 rings (SSSR count). The first-order valence-electron chi connectivity index (χ1n) is 3.52. The molecule has 1 unspecified atom stereocenters. The number of hydrogen-bond acceptors (Lipinski definition) is 7. The van der Waals surface area contributed by atoms with Gasteiger partial charge in [-0.05, 0) is 6.92 Å². The maximum absolute atomic E-state index is 8.35. The van der Waals surface area contributed by atoms with Gasteiger partial charge in [-0.1, -0.05) is 6.08 Å². The molecule has 0 aromatic rings. The molecule has 0 radical (unpaired) electrons. The minimum atomic E-state index is -1.01. The van der Waals surface area contributed by atoms with E-state index in [-0.39, 0.29) is 6.61 Å². The minimum absolute atomic E-state index is 0.337. The molecule has 0 aromatic heterocycles. The Labute approximate surface area is 88.0 Å². The van der Waals surface area contributed by atoms with Gasteiger partial charge in [0.15, 0.2) is 6.29 Å². The summed E-state index contributed by atoms with van der Waals surface area (Å²) in [6, 6.07) is 0. The highest BCUT2D eigenvalue weighted by Gasteiger charge is 1.92. The topological polar surface area (TPSA) is 132 Å². The summed E-state index contributed by atoms with van der Waals surface area (Å²) in [7, 11) is 1.32. The van der Waals surface area contributed by atoms with Crippen molar-refractivity contribution in [1.29, 1.82) is 10.8 Å². The molecule has 4 N–H and O–H groups in total. The summed E-state index contributed by atoms with van der Waals surface area (Å²) in [6.07, 6.45) is 2.24. The lowest BCUT2D eigenvalue weighted by Gasteiger charge is -1.99. The van der Waals surface area contributed by atoms with E-state index in [2.05, 4.69) is 11.3 Å². The van der Waals surface area contributed by atoms with E-state index in [1.807, 2.05) is 6.92 Å². The third-order valence-electron chi connectivity index (χ3n) is 0.428. The minimum Gasteiger partial charge on any atom is -0.391 e. The lowest BCUT2D eigenvalue weighted by atomic mass is 10.7. The maximum atomic E-state index is 8.35. The van der Waals surface area contributed by atoms with E-state index in [9.17, 15) is 0 Å². The van der Waals surface area contributed by atoms with E-state index in [1.165, 1.54) is 7.11 Å². The van der Waals surface area contributed by atoms with Gasteiger partial charge >= 0.3 is 0 Å². The summed E-state index contributed by atoms with van der Waals surface area (Å²) in [5.74, 6) is 0. The van der Waals surface area contributed by atoms with Crippen LogP contribution in [0.15, 0.2) is 12.7 Å². The summed E-state index contributed by atoms with van der Waals surface area (Å²) in [5.41, 5.74) is 0. The highest BCUT2D eigenvalue weighted by molar-refractivity contribution is 5.26. The van der Waals surface area contributed by atoms with Gasteiger partial charge in [-0.15, -0.1) is 6.58 Å². The summed E-state index contributed by atoms with van der Waals surface area (Å²) in [4.78, 5) is 16.7. The third kappa shape index (κ3) is 235. The van der Waals surface area contributed by atoms with Crippen molar-refractivity contribution in [1.82, 2.24) is 0 Å². The molecule has 0 saturated carbocycles. The third-order valence-corrected chi connectivity index (χ3v) is 0.428. The molecule has 0 spiro atoms. The molecule has 88 valence electrons. The van der Waals surface area contributed by atoms with Crippen LogP contribution in [0, 0.1) is 10.8 Å². The summed E-state index contributed by atoms with van der Waals surface area (Å²) in [5, 5.41) is 27.0. The first-order valence-corrected chi connectivity index (χ1v) is 3.52. The van der Waals surface area contributed by atoms with E-state index >= 15 is 0 Å². The Morgan fingerprint density at radius 1 is 1.47 bits per heavy atom. The Kier molecular flexibility index (Phi) is 61.2. The number of carbonyl (C=O) groups excluding carboxylic acids is 2. The van der Waals surface area contributed by atoms with Crippen LogP contribution in [-0.2, 0) is 14.3 Å². The van der Waals surface area contributed by atoms with Gasteiger partial charge in [-0.3, -0.25) is 0 Å². The van der Waals surface area contributed by atoms with Crippen molar-refractivity contribution in [2.24, 2.45) is 0 Å². The zero-order chi connectivity index (χ0) is 13.1. The number of aliphatic hydroxyl groups excluding tert-OH is 2. The van der Waals surface area contributed by atoms with Crippen molar-refractivity contribution < 1.29 is 24.5 Å². The second-order valence-electron chi connectivity index (χ2n) is 1.49. The number of isocyanates is 2. The number of rotatable bonds is 2. The zero-order valence-electron chi connectivity index (χ0n) is 8.69. The van der Waals surface area contributed by atoms with E-state index in [0.29, 0.717) is 0 Å². The quantitative estimate of drug-likeness (QED) is 0.224. The smallest absolute Gasteiger partial charge is 0.231 e. The van der Waals surface area contributed by atoms with Crippen LogP contribution in [0.25, 0.3) is 0 Å². The fourth-order valence-electron chi connectivity index (χ4n) is 0.0745. The van der Waals surface area contributed by atoms with Gasteiger partial charge in [-0.2, -0.15) is 0 Å². The van der Waals surface area contributed by atoms with Gasteiger partial charge in [0.05, 0.1) is 6.61 Å². The lowest BCUT2D eigenvalue weighted by Crippen LogP contribution is -2.12. The van der Waals surface area contributed by atoms with Gasteiger partial charge in [-0.25, -0.2) is 20.4 Å². The van der Waals surface area contributed by atoms with Crippen LogP contribution in [0.2, 0.25) is 0 Å². The standard InChI is InChI=1S/C3H8O3.C3H6.2CHNO/c1-6-3(5)2-4;1-3-2;2*2-1-3/h3-5H,2H2,1H3;3H,1H2,2H3;2*2H. The predicted molar refractivity (Wildman–Crippen MR) is 52.8 cm³/mol. The van der Waals surface area contributed by atoms with Crippen LogP contribution in [0.1, 0.15) is 6.92 Å². The normalized spacial score (nSPS) is 7.73. The first kappa shape index (κ1) is 23.3. The molecule has 0 aliphatic heterocycles. The van der Waals surface area contributed by atoms with Crippen LogP contribution in [0.4, 0.5) is 0 Å². The lowest BCUT2D eigenvalue weighted by molar-refractivity contribution is -0.102. The van der Waals surface area contributed by atoms with Crippen LogP contribution in [-0.4, -0.2) is 42.4 Å². The van der Waals surface area contributed by atoms with Crippen molar-refractivity contribution in [3.8, 4) is 0 Å². The first-order chi connectivity index (χ1) is 7.05. The van der Waals surface area contributed by atoms with Crippen molar-refractivity contribution >= 4 is 12.2 Å². The number of allylic oxidation sites excluding steroid dienone is 1. The molecule has 0 aliphatic carbocycles. The largest absolute Gasteiger partial charge is 0.391 e. The van der Waals surface area contributed by atoms with Gasteiger partial charge in [0, 0.05) is 7.11 Å². The number of methoxy groups -OCH3 is 1. The Bertz CT molecular complexity index is 156. The molecule has 1 atom stereocenters. The van der Waals surface area contributed by atoms with Gasteiger partial charge in [0.25, 0.3) is 0 Å². The molecule has 0 saturated heterocycles. The van der Waals surface area contributed by atoms with E-state index < -0.39 is 6.29 Å². The fourth-order valence-corrected chi connectivity index (χ4v) is 0.0745. The highest BCUT2D eigenvalue weighted by atomic mass is 16.6. The summed E-state index contributed by atoms with van der Waals surface area (Å²) < 4.78 is 4.20. The van der Waals surface area contributed by atoms with Crippen LogP contribution >= 0.6 is 0 Å². The van der Waals surface area contributed by atoms with Gasteiger partial charge in [0.2, 0.25) is 12.2 Å². The highest BCUT2D eigenvalue weighted by Crippen LogP contribution is 1.75. The predicted octanol–water partition coefficient (Wildman–Crippen LogP) is -0.0623. The second-order valence-corrected chi connectivity index (χ2v) is 1.49. The van der Waals surface area contributed by atoms with E-state index in [1.54, 1.807) is 6.08 Å². The monoisotopic (exact) mass is 220 g/mol. The number of nitrogens with one attached hydrogen (secondary N) is 2. The van der Waals surface area contributed by atoms with E-state index in [4.69, 9.17) is 30.6 Å². The zero-order valence-corrected chi connectivity index (χ0v) is 8.69. The SMILES string of the molecule is C=CC.COC(O)CO.N=C=O.N=C=O. The number of aliphatic hydroxyl groups is 2. The molecule has 0 aromatic carbocycles. The van der Waals surface area contributed by atoms with Crippen LogP contribution in [0.3, 0.4) is 0 Å². The molecule has 0 bridgehead atoms. The average molecular weight is 220 g/mol. The van der Waals surface area contributed by atoms with Crippen LogP contribution in [0.5, 0.6) is 0 Å². The molecule has 0 amide bonds. The van der Waals surface area contributed by atoms with Crippen molar-refractivity contribution in [3.63, 3.8) is 0 Å². The van der Waals surface area contributed by atoms with Gasteiger partial charge in [0.1, 0.15) is 0 Å². The van der Waals surface area contributed by atoms with Gasteiger partial charge < -0.3 is 14.9 Å². The van der Waals surface area contributed by atoms with Crippen molar-refractivity contribution in [2.45, 2.75) is 13.2 Å². The Morgan fingerprint density at radius 3 is 1.67 bits per heavy atom.